The molecule has 0 aromatic carbocycles. The van der Waals surface area contributed by atoms with Crippen LogP contribution in [0.25, 0.3) is 0 Å². The fourth-order valence-corrected chi connectivity index (χ4v) is 1.82. The molecule has 0 fully saturated rings. The summed E-state index contributed by atoms with van der Waals surface area (Å²) in [5.41, 5.74) is 10.6. The molecule has 1 atom stereocenters. The normalized spacial score (nSPS) is 12.8. The molecule has 6 N–H and O–H groups in total. The summed E-state index contributed by atoms with van der Waals surface area (Å²) in [6, 6.07) is -0.00560. The minimum absolute atomic E-state index is 0.00560. The molecule has 2 aromatic heterocycles. The number of rotatable bonds is 5. The van der Waals surface area contributed by atoms with E-state index in [-0.39, 0.29) is 6.04 Å². The van der Waals surface area contributed by atoms with Gasteiger partial charge >= 0.3 is 0 Å². The Labute approximate surface area is 99.2 Å². The van der Waals surface area contributed by atoms with Gasteiger partial charge in [-0.25, -0.2) is 0 Å². The summed E-state index contributed by atoms with van der Waals surface area (Å²) in [7, 11) is 1.90. The quantitative estimate of drug-likeness (QED) is 0.426. The number of H-pyrrole nitrogens is 1. The molecule has 2 heterocycles. The predicted octanol–water partition coefficient (Wildman–Crippen LogP) is -0.137. The van der Waals surface area contributed by atoms with Gasteiger partial charge in [0.1, 0.15) is 5.82 Å². The van der Waals surface area contributed by atoms with E-state index < -0.39 is 0 Å². The summed E-state index contributed by atoms with van der Waals surface area (Å²) in [6.45, 7) is 0. The predicted molar refractivity (Wildman–Crippen MR) is 64.6 cm³/mol. The first-order valence-corrected chi connectivity index (χ1v) is 5.43. The highest BCUT2D eigenvalue weighted by Gasteiger charge is 2.14. The van der Waals surface area contributed by atoms with Crippen molar-refractivity contribution in [3.63, 3.8) is 0 Å². The highest BCUT2D eigenvalue weighted by atomic mass is 15.2. The van der Waals surface area contributed by atoms with Crippen LogP contribution in [-0.2, 0) is 13.5 Å². The number of nitrogen functional groups attached to an aromatic ring is 1. The van der Waals surface area contributed by atoms with Gasteiger partial charge in [0.05, 0.1) is 18.4 Å². The number of anilines is 1. The average Bonchev–Trinajstić information content (AvgIpc) is 2.90. The molecular weight excluding hydrogens is 218 g/mol. The van der Waals surface area contributed by atoms with Crippen molar-refractivity contribution in [1.82, 2.24) is 25.4 Å². The van der Waals surface area contributed by atoms with Crippen molar-refractivity contribution in [3.8, 4) is 0 Å². The SMILES string of the molecule is Cn1cc(CCC(NN)c2cn[nH]c2N)cn1. The van der Waals surface area contributed by atoms with Crippen LogP contribution >= 0.6 is 0 Å². The van der Waals surface area contributed by atoms with Gasteiger partial charge in [0.2, 0.25) is 0 Å². The van der Waals surface area contributed by atoms with Crippen LogP contribution in [0.1, 0.15) is 23.6 Å². The smallest absolute Gasteiger partial charge is 0.123 e. The van der Waals surface area contributed by atoms with E-state index in [0.29, 0.717) is 5.82 Å². The van der Waals surface area contributed by atoms with Gasteiger partial charge in [-0.15, -0.1) is 0 Å². The number of hydrogen-bond donors (Lipinski definition) is 4. The highest BCUT2D eigenvalue weighted by molar-refractivity contribution is 5.39. The van der Waals surface area contributed by atoms with Crippen LogP contribution in [0.15, 0.2) is 18.6 Å². The molecule has 0 aliphatic heterocycles. The first-order chi connectivity index (χ1) is 8.20. The first-order valence-electron chi connectivity index (χ1n) is 5.43. The molecule has 92 valence electrons. The molecule has 0 amide bonds. The standard InChI is InChI=1S/C10H17N7/c1-17-6-7(4-14-17)2-3-9(15-12)8-5-13-16-10(8)11/h4-6,9,15H,2-3,12H2,1H3,(H3,11,13,16). The third-order valence-corrected chi connectivity index (χ3v) is 2.76. The molecule has 0 bridgehead atoms. The Morgan fingerprint density at radius 3 is 2.88 bits per heavy atom. The van der Waals surface area contributed by atoms with E-state index in [9.17, 15) is 0 Å². The van der Waals surface area contributed by atoms with Crippen molar-refractivity contribution in [2.75, 3.05) is 5.73 Å². The van der Waals surface area contributed by atoms with Crippen molar-refractivity contribution >= 4 is 5.82 Å². The van der Waals surface area contributed by atoms with E-state index in [2.05, 4.69) is 20.7 Å². The lowest BCUT2D eigenvalue weighted by Crippen LogP contribution is -2.28. The maximum absolute atomic E-state index is 5.76. The largest absolute Gasteiger partial charge is 0.384 e. The average molecular weight is 235 g/mol. The highest BCUT2D eigenvalue weighted by Crippen LogP contribution is 2.21. The van der Waals surface area contributed by atoms with Gasteiger partial charge in [-0.3, -0.25) is 21.0 Å². The van der Waals surface area contributed by atoms with Crippen molar-refractivity contribution in [3.05, 3.63) is 29.7 Å². The summed E-state index contributed by atoms with van der Waals surface area (Å²) in [5.74, 6) is 6.09. The Bertz CT molecular complexity index is 472. The van der Waals surface area contributed by atoms with Crippen molar-refractivity contribution in [2.24, 2.45) is 12.9 Å². The number of hydrazine groups is 1. The number of aryl methyl sites for hydroxylation is 2. The maximum Gasteiger partial charge on any atom is 0.123 e. The molecule has 1 unspecified atom stereocenters. The maximum atomic E-state index is 5.76. The number of nitrogens with two attached hydrogens (primary N) is 2. The van der Waals surface area contributed by atoms with Crippen LogP contribution in [0, 0.1) is 0 Å². The molecular formula is C10H17N7. The Morgan fingerprint density at radius 1 is 1.53 bits per heavy atom. The van der Waals surface area contributed by atoms with Crippen LogP contribution in [-0.4, -0.2) is 20.0 Å². The van der Waals surface area contributed by atoms with Crippen LogP contribution in [0.3, 0.4) is 0 Å². The number of nitrogens with one attached hydrogen (secondary N) is 2. The number of hydrogen-bond acceptors (Lipinski definition) is 5. The van der Waals surface area contributed by atoms with Gasteiger partial charge in [0.15, 0.2) is 0 Å². The lowest BCUT2D eigenvalue weighted by molar-refractivity contribution is 0.518. The molecule has 0 spiro atoms. The molecule has 7 nitrogen and oxygen atoms in total. The van der Waals surface area contributed by atoms with Gasteiger partial charge in [-0.05, 0) is 18.4 Å². The summed E-state index contributed by atoms with van der Waals surface area (Å²) in [5, 5.41) is 10.7. The van der Waals surface area contributed by atoms with E-state index in [1.54, 1.807) is 10.9 Å². The van der Waals surface area contributed by atoms with Crippen LogP contribution in [0.5, 0.6) is 0 Å². The second kappa shape index (κ2) is 4.98. The van der Waals surface area contributed by atoms with E-state index in [4.69, 9.17) is 11.6 Å². The third kappa shape index (κ3) is 2.63. The zero-order valence-corrected chi connectivity index (χ0v) is 9.72. The molecule has 17 heavy (non-hydrogen) atoms. The Hall–Kier alpha value is -1.86. The van der Waals surface area contributed by atoms with Gasteiger partial charge in [0.25, 0.3) is 0 Å². The summed E-state index contributed by atoms with van der Waals surface area (Å²) < 4.78 is 1.78. The fourth-order valence-electron chi connectivity index (χ4n) is 1.82. The number of aromatic amines is 1. The zero-order valence-electron chi connectivity index (χ0n) is 9.72. The second-order valence-corrected chi connectivity index (χ2v) is 4.02. The molecule has 0 aliphatic rings. The van der Waals surface area contributed by atoms with Gasteiger partial charge < -0.3 is 5.73 Å². The molecule has 0 radical (unpaired) electrons. The Kier molecular flexibility index (Phi) is 3.40. The first kappa shape index (κ1) is 11.6. The monoisotopic (exact) mass is 235 g/mol. The number of aromatic nitrogens is 4. The van der Waals surface area contributed by atoms with Gasteiger partial charge in [-0.1, -0.05) is 0 Å². The van der Waals surface area contributed by atoms with Crippen molar-refractivity contribution in [2.45, 2.75) is 18.9 Å². The molecule has 0 saturated heterocycles. The molecule has 0 saturated carbocycles. The summed E-state index contributed by atoms with van der Waals surface area (Å²) in [6.07, 6.45) is 7.26. The van der Waals surface area contributed by atoms with Crippen molar-refractivity contribution < 1.29 is 0 Å². The molecule has 2 rings (SSSR count). The van der Waals surface area contributed by atoms with Crippen LogP contribution in [0.2, 0.25) is 0 Å². The van der Waals surface area contributed by atoms with E-state index in [1.165, 1.54) is 5.56 Å². The summed E-state index contributed by atoms with van der Waals surface area (Å²) >= 11 is 0. The fraction of sp³-hybridized carbons (Fsp3) is 0.400. The third-order valence-electron chi connectivity index (χ3n) is 2.76. The molecule has 2 aromatic rings. The van der Waals surface area contributed by atoms with E-state index >= 15 is 0 Å². The van der Waals surface area contributed by atoms with Gasteiger partial charge in [-0.2, -0.15) is 10.2 Å². The van der Waals surface area contributed by atoms with E-state index in [1.807, 2.05) is 19.4 Å². The minimum atomic E-state index is -0.00560. The lowest BCUT2D eigenvalue weighted by Gasteiger charge is -2.14. The Balaban J connectivity index is 1.99. The van der Waals surface area contributed by atoms with Crippen LogP contribution < -0.4 is 17.0 Å². The lowest BCUT2D eigenvalue weighted by atomic mass is 10.0. The second-order valence-electron chi connectivity index (χ2n) is 4.02. The van der Waals surface area contributed by atoms with Crippen molar-refractivity contribution in [1.29, 1.82) is 0 Å². The molecule has 7 heteroatoms. The van der Waals surface area contributed by atoms with Crippen LogP contribution in [0.4, 0.5) is 5.82 Å². The minimum Gasteiger partial charge on any atom is -0.384 e. The summed E-state index contributed by atoms with van der Waals surface area (Å²) in [4.78, 5) is 0. The number of nitrogens with zero attached hydrogens (tertiary/aromatic N) is 3. The molecule has 0 aliphatic carbocycles. The van der Waals surface area contributed by atoms with Gasteiger partial charge in [0, 0.05) is 18.8 Å². The van der Waals surface area contributed by atoms with E-state index in [0.717, 1.165) is 18.4 Å². The zero-order chi connectivity index (χ0) is 12.3. The topological polar surface area (TPSA) is 111 Å². The Morgan fingerprint density at radius 2 is 2.35 bits per heavy atom.